The van der Waals surface area contributed by atoms with E-state index in [1.54, 1.807) is 12.1 Å². The van der Waals surface area contributed by atoms with E-state index < -0.39 is 0 Å². The number of ether oxygens (including phenoxy) is 1. The van der Waals surface area contributed by atoms with Crippen molar-refractivity contribution in [2.75, 3.05) is 0 Å². The van der Waals surface area contributed by atoms with Crippen LogP contribution in [0.2, 0.25) is 5.02 Å². The van der Waals surface area contributed by atoms with Gasteiger partial charge < -0.3 is 10.5 Å². The maximum absolute atomic E-state index is 6.13. The van der Waals surface area contributed by atoms with E-state index >= 15 is 0 Å². The zero-order chi connectivity index (χ0) is 14.0. The van der Waals surface area contributed by atoms with Crippen molar-refractivity contribution in [3.05, 3.63) is 57.0 Å². The Bertz CT molecular complexity index is 645. The van der Waals surface area contributed by atoms with E-state index in [-0.39, 0.29) is 0 Å². The molecule has 0 fully saturated rings. The standard InChI is InChI=1S/C14H11BrClNOS/c1-8-2-4-10(14(17)19)13(6-8)18-12-5-3-9(15)7-11(12)16/h2-7H,1H3,(H2,17,19). The fourth-order valence-corrected chi connectivity index (χ4v) is 2.47. The van der Waals surface area contributed by atoms with Gasteiger partial charge in [-0.05, 0) is 42.8 Å². The highest BCUT2D eigenvalue weighted by atomic mass is 79.9. The lowest BCUT2D eigenvalue weighted by molar-refractivity contribution is 0.481. The zero-order valence-corrected chi connectivity index (χ0v) is 13.3. The highest BCUT2D eigenvalue weighted by molar-refractivity contribution is 9.10. The van der Waals surface area contributed by atoms with Crippen LogP contribution in [0, 0.1) is 6.92 Å². The summed E-state index contributed by atoms with van der Waals surface area (Å²) in [5.74, 6) is 1.17. The van der Waals surface area contributed by atoms with Crippen molar-refractivity contribution in [1.29, 1.82) is 0 Å². The van der Waals surface area contributed by atoms with Crippen LogP contribution in [-0.2, 0) is 0 Å². The first-order valence-corrected chi connectivity index (χ1v) is 7.08. The van der Waals surface area contributed by atoms with Gasteiger partial charge in [-0.3, -0.25) is 0 Å². The van der Waals surface area contributed by atoms with Crippen molar-refractivity contribution in [2.45, 2.75) is 6.92 Å². The zero-order valence-electron chi connectivity index (χ0n) is 10.1. The molecule has 0 heterocycles. The molecule has 0 saturated heterocycles. The number of benzene rings is 2. The molecule has 2 aromatic carbocycles. The molecule has 0 radical (unpaired) electrons. The Hall–Kier alpha value is -1.10. The van der Waals surface area contributed by atoms with Crippen LogP contribution in [-0.4, -0.2) is 4.99 Å². The summed E-state index contributed by atoms with van der Waals surface area (Å²) < 4.78 is 6.71. The molecule has 0 atom stereocenters. The predicted molar refractivity (Wildman–Crippen MR) is 86.3 cm³/mol. The molecule has 0 unspecified atom stereocenters. The van der Waals surface area contributed by atoms with Gasteiger partial charge in [-0.15, -0.1) is 0 Å². The lowest BCUT2D eigenvalue weighted by atomic mass is 10.1. The summed E-state index contributed by atoms with van der Waals surface area (Å²) in [6.45, 7) is 1.97. The molecule has 98 valence electrons. The summed E-state index contributed by atoms with van der Waals surface area (Å²) in [5, 5.41) is 0.518. The maximum atomic E-state index is 6.13. The van der Waals surface area contributed by atoms with Gasteiger partial charge >= 0.3 is 0 Å². The summed E-state index contributed by atoms with van der Waals surface area (Å²) in [6, 6.07) is 11.1. The number of halogens is 2. The third-order valence-corrected chi connectivity index (χ3v) is 3.52. The van der Waals surface area contributed by atoms with Crippen LogP contribution < -0.4 is 10.5 Å². The van der Waals surface area contributed by atoms with E-state index in [9.17, 15) is 0 Å². The molecule has 2 aromatic rings. The first-order valence-electron chi connectivity index (χ1n) is 5.51. The second-order valence-electron chi connectivity index (χ2n) is 4.04. The predicted octanol–water partition coefficient (Wildman–Crippen LogP) is 4.84. The molecule has 0 aromatic heterocycles. The molecule has 0 aliphatic heterocycles. The Morgan fingerprint density at radius 1 is 1.21 bits per heavy atom. The molecular formula is C14H11BrClNOS. The molecule has 0 spiro atoms. The Kier molecular flexibility index (Phi) is 4.45. The first-order chi connectivity index (χ1) is 8.97. The molecule has 2 N–H and O–H groups in total. The van der Waals surface area contributed by atoms with Crippen molar-refractivity contribution in [3.63, 3.8) is 0 Å². The van der Waals surface area contributed by atoms with Gasteiger partial charge in [0, 0.05) is 4.47 Å². The molecule has 2 nitrogen and oxygen atoms in total. The van der Waals surface area contributed by atoms with Crippen molar-refractivity contribution in [2.24, 2.45) is 5.73 Å². The average Bonchev–Trinajstić information content (AvgIpc) is 2.32. The minimum absolute atomic E-state index is 0.295. The highest BCUT2D eigenvalue weighted by Gasteiger charge is 2.10. The van der Waals surface area contributed by atoms with Gasteiger partial charge in [0.1, 0.15) is 16.5 Å². The molecule has 0 amide bonds. The van der Waals surface area contributed by atoms with Gasteiger partial charge in [0.25, 0.3) is 0 Å². The van der Waals surface area contributed by atoms with Gasteiger partial charge in [0.2, 0.25) is 0 Å². The topological polar surface area (TPSA) is 35.2 Å². The Morgan fingerprint density at radius 3 is 2.58 bits per heavy atom. The normalized spacial score (nSPS) is 10.3. The van der Waals surface area contributed by atoms with Crippen LogP contribution in [0.4, 0.5) is 0 Å². The van der Waals surface area contributed by atoms with Gasteiger partial charge in [-0.2, -0.15) is 0 Å². The Morgan fingerprint density at radius 2 is 1.95 bits per heavy atom. The summed E-state index contributed by atoms with van der Waals surface area (Å²) in [5.41, 5.74) is 7.44. The van der Waals surface area contributed by atoms with Crippen LogP contribution >= 0.6 is 39.7 Å². The summed E-state index contributed by atoms with van der Waals surface area (Å²) in [4.78, 5) is 0.295. The summed E-state index contributed by atoms with van der Waals surface area (Å²) in [6.07, 6.45) is 0. The van der Waals surface area contributed by atoms with Gasteiger partial charge in [-0.1, -0.05) is 45.8 Å². The van der Waals surface area contributed by atoms with E-state index in [1.807, 2.05) is 31.2 Å². The highest BCUT2D eigenvalue weighted by Crippen LogP contribution is 2.33. The largest absolute Gasteiger partial charge is 0.455 e. The van der Waals surface area contributed by atoms with E-state index in [4.69, 9.17) is 34.3 Å². The second kappa shape index (κ2) is 5.90. The van der Waals surface area contributed by atoms with E-state index in [2.05, 4.69) is 15.9 Å². The molecule has 2 rings (SSSR count). The monoisotopic (exact) mass is 355 g/mol. The molecule has 0 bridgehead atoms. The van der Waals surface area contributed by atoms with E-state index in [0.717, 1.165) is 10.0 Å². The molecule has 19 heavy (non-hydrogen) atoms. The van der Waals surface area contributed by atoms with Gasteiger partial charge in [-0.25, -0.2) is 0 Å². The van der Waals surface area contributed by atoms with Gasteiger partial charge in [0.15, 0.2) is 0 Å². The lowest BCUT2D eigenvalue weighted by Crippen LogP contribution is -2.10. The summed E-state index contributed by atoms with van der Waals surface area (Å²) >= 11 is 14.5. The number of thiocarbonyl (C=S) groups is 1. The molecular weight excluding hydrogens is 346 g/mol. The minimum atomic E-state index is 0.295. The Labute approximate surface area is 130 Å². The number of aryl methyl sites for hydroxylation is 1. The minimum Gasteiger partial charge on any atom is -0.455 e. The van der Waals surface area contributed by atoms with Crippen molar-refractivity contribution in [1.82, 2.24) is 0 Å². The Balaban J connectivity index is 2.42. The molecule has 0 aliphatic carbocycles. The quantitative estimate of drug-likeness (QED) is 0.799. The van der Waals surface area contributed by atoms with Crippen LogP contribution in [0.3, 0.4) is 0 Å². The third-order valence-electron chi connectivity index (χ3n) is 2.52. The smallest absolute Gasteiger partial charge is 0.146 e. The third kappa shape index (κ3) is 3.47. The number of hydrogen-bond acceptors (Lipinski definition) is 2. The fraction of sp³-hybridized carbons (Fsp3) is 0.0714. The van der Waals surface area contributed by atoms with Crippen molar-refractivity contribution < 1.29 is 4.74 Å². The maximum Gasteiger partial charge on any atom is 0.146 e. The fourth-order valence-electron chi connectivity index (χ4n) is 1.59. The van der Waals surface area contributed by atoms with Crippen LogP contribution in [0.1, 0.15) is 11.1 Å². The van der Waals surface area contributed by atoms with Crippen LogP contribution in [0.25, 0.3) is 0 Å². The van der Waals surface area contributed by atoms with Gasteiger partial charge in [0.05, 0.1) is 10.6 Å². The summed E-state index contributed by atoms with van der Waals surface area (Å²) in [7, 11) is 0. The average molecular weight is 357 g/mol. The number of nitrogens with two attached hydrogens (primary N) is 1. The molecule has 0 aliphatic rings. The number of rotatable bonds is 3. The molecule has 0 saturated carbocycles. The SMILES string of the molecule is Cc1ccc(C(N)=S)c(Oc2ccc(Br)cc2Cl)c1. The van der Waals surface area contributed by atoms with Crippen molar-refractivity contribution in [3.8, 4) is 11.5 Å². The second-order valence-corrected chi connectivity index (χ2v) is 5.80. The molecule has 5 heteroatoms. The lowest BCUT2D eigenvalue weighted by Gasteiger charge is -2.12. The van der Waals surface area contributed by atoms with Crippen molar-refractivity contribution >= 4 is 44.7 Å². The van der Waals surface area contributed by atoms with Crippen LogP contribution in [0.15, 0.2) is 40.9 Å². The van der Waals surface area contributed by atoms with Crippen LogP contribution in [0.5, 0.6) is 11.5 Å². The first kappa shape index (κ1) is 14.3. The van der Waals surface area contributed by atoms with E-state index in [0.29, 0.717) is 27.1 Å². The number of hydrogen-bond donors (Lipinski definition) is 1. The van der Waals surface area contributed by atoms with E-state index in [1.165, 1.54) is 0 Å².